The zero-order valence-corrected chi connectivity index (χ0v) is 17.7. The van der Waals surface area contributed by atoms with Crippen LogP contribution in [0.4, 0.5) is 4.79 Å². The van der Waals surface area contributed by atoms with Crippen LogP contribution < -0.4 is 5.32 Å². The number of carbonyl (C=O) groups is 3. The van der Waals surface area contributed by atoms with E-state index in [9.17, 15) is 14.4 Å². The molecule has 2 fully saturated rings. The van der Waals surface area contributed by atoms with E-state index >= 15 is 0 Å². The summed E-state index contributed by atoms with van der Waals surface area (Å²) in [5.74, 6) is 0.179. The SMILES string of the molecule is O=C(c1ccc(CN2C(=O)CNC2=O)cc1)N1CCC(c2nc3ccccc3s2)CC1. The lowest BCUT2D eigenvalue weighted by Gasteiger charge is -2.31. The van der Waals surface area contributed by atoms with E-state index in [1.165, 1.54) is 9.60 Å². The summed E-state index contributed by atoms with van der Waals surface area (Å²) in [5.41, 5.74) is 2.49. The van der Waals surface area contributed by atoms with Crippen LogP contribution in [0.1, 0.15) is 39.7 Å². The molecule has 8 heteroatoms. The second-order valence-electron chi connectivity index (χ2n) is 7.92. The quantitative estimate of drug-likeness (QED) is 0.639. The maximum absolute atomic E-state index is 12.9. The van der Waals surface area contributed by atoms with E-state index in [1.54, 1.807) is 35.6 Å². The third-order valence-electron chi connectivity index (χ3n) is 5.92. The van der Waals surface area contributed by atoms with Crippen molar-refractivity contribution >= 4 is 39.4 Å². The molecule has 0 bridgehead atoms. The third kappa shape index (κ3) is 3.90. The van der Waals surface area contributed by atoms with Crippen molar-refractivity contribution in [1.29, 1.82) is 0 Å². The Morgan fingerprint density at radius 1 is 1.06 bits per heavy atom. The van der Waals surface area contributed by atoms with Gasteiger partial charge in [0.1, 0.15) is 0 Å². The van der Waals surface area contributed by atoms with Crippen LogP contribution >= 0.6 is 11.3 Å². The molecule has 0 spiro atoms. The topological polar surface area (TPSA) is 82.6 Å². The molecule has 1 N–H and O–H groups in total. The van der Waals surface area contributed by atoms with Crippen LogP contribution in [0.3, 0.4) is 0 Å². The second-order valence-corrected chi connectivity index (χ2v) is 8.98. The van der Waals surface area contributed by atoms with Gasteiger partial charge in [-0.2, -0.15) is 0 Å². The maximum Gasteiger partial charge on any atom is 0.324 e. The van der Waals surface area contributed by atoms with Crippen molar-refractivity contribution in [1.82, 2.24) is 20.1 Å². The first kappa shape index (κ1) is 19.7. The molecular weight excluding hydrogens is 412 g/mol. The predicted octanol–water partition coefficient (Wildman–Crippen LogP) is 3.37. The van der Waals surface area contributed by atoms with Crippen molar-refractivity contribution in [3.05, 3.63) is 64.7 Å². The molecule has 0 radical (unpaired) electrons. The Labute approximate surface area is 183 Å². The minimum Gasteiger partial charge on any atom is -0.339 e. The molecule has 3 aromatic rings. The Morgan fingerprint density at radius 2 is 1.81 bits per heavy atom. The molecule has 0 aliphatic carbocycles. The van der Waals surface area contributed by atoms with Gasteiger partial charge in [0.2, 0.25) is 5.91 Å². The highest BCUT2D eigenvalue weighted by Crippen LogP contribution is 2.34. The summed E-state index contributed by atoms with van der Waals surface area (Å²) in [6.45, 7) is 1.68. The number of fused-ring (bicyclic) bond motifs is 1. The number of piperidine rings is 1. The molecule has 31 heavy (non-hydrogen) atoms. The number of carbonyl (C=O) groups excluding carboxylic acids is 3. The Bertz CT molecular complexity index is 1100. The monoisotopic (exact) mass is 434 g/mol. The number of nitrogens with zero attached hydrogens (tertiary/aromatic N) is 3. The molecule has 4 amide bonds. The molecule has 2 aromatic carbocycles. The number of amides is 4. The van der Waals surface area contributed by atoms with Gasteiger partial charge in [-0.25, -0.2) is 9.78 Å². The van der Waals surface area contributed by atoms with Crippen LogP contribution in [0.2, 0.25) is 0 Å². The summed E-state index contributed by atoms with van der Waals surface area (Å²) in [4.78, 5) is 44.2. The number of hydrogen-bond donors (Lipinski definition) is 1. The van der Waals surface area contributed by atoms with E-state index in [4.69, 9.17) is 4.98 Å². The fraction of sp³-hybridized carbons (Fsp3) is 0.304. The zero-order valence-electron chi connectivity index (χ0n) is 16.9. The number of benzene rings is 2. The molecule has 158 valence electrons. The van der Waals surface area contributed by atoms with Crippen molar-refractivity contribution in [2.75, 3.05) is 19.6 Å². The average Bonchev–Trinajstić information content (AvgIpc) is 3.38. The van der Waals surface area contributed by atoms with Crippen molar-refractivity contribution in [2.24, 2.45) is 0 Å². The minimum atomic E-state index is -0.374. The van der Waals surface area contributed by atoms with Gasteiger partial charge < -0.3 is 10.2 Å². The Balaban J connectivity index is 1.20. The van der Waals surface area contributed by atoms with Crippen LogP contribution in [0, 0.1) is 0 Å². The van der Waals surface area contributed by atoms with Crippen molar-refractivity contribution in [2.45, 2.75) is 25.3 Å². The number of para-hydroxylation sites is 1. The highest BCUT2D eigenvalue weighted by atomic mass is 32.1. The van der Waals surface area contributed by atoms with E-state index in [0.29, 0.717) is 24.6 Å². The molecule has 2 aliphatic rings. The largest absolute Gasteiger partial charge is 0.339 e. The summed E-state index contributed by atoms with van der Waals surface area (Å²) in [6.07, 6.45) is 1.83. The van der Waals surface area contributed by atoms with Crippen molar-refractivity contribution in [3.63, 3.8) is 0 Å². The van der Waals surface area contributed by atoms with Gasteiger partial charge in [0.15, 0.2) is 0 Å². The van der Waals surface area contributed by atoms with Gasteiger partial charge in [-0.15, -0.1) is 11.3 Å². The number of urea groups is 1. The van der Waals surface area contributed by atoms with E-state index in [0.717, 1.165) is 28.9 Å². The average molecular weight is 435 g/mol. The van der Waals surface area contributed by atoms with Crippen LogP contribution in [0.25, 0.3) is 10.2 Å². The van der Waals surface area contributed by atoms with Crippen LogP contribution in [-0.2, 0) is 11.3 Å². The zero-order chi connectivity index (χ0) is 21.4. The third-order valence-corrected chi connectivity index (χ3v) is 7.12. The molecular formula is C23H22N4O3S. The van der Waals surface area contributed by atoms with Crippen molar-refractivity contribution in [3.8, 4) is 0 Å². The number of hydrogen-bond acceptors (Lipinski definition) is 5. The normalized spacial score (nSPS) is 17.4. The number of aromatic nitrogens is 1. The first-order valence-corrected chi connectivity index (χ1v) is 11.2. The van der Waals surface area contributed by atoms with E-state index in [-0.39, 0.29) is 30.9 Å². The van der Waals surface area contributed by atoms with Crippen molar-refractivity contribution < 1.29 is 14.4 Å². The van der Waals surface area contributed by atoms with Crippen LogP contribution in [0.15, 0.2) is 48.5 Å². The lowest BCUT2D eigenvalue weighted by molar-refractivity contribution is -0.125. The number of thiazole rings is 1. The molecule has 2 saturated heterocycles. The first-order chi connectivity index (χ1) is 15.1. The first-order valence-electron chi connectivity index (χ1n) is 10.4. The smallest absolute Gasteiger partial charge is 0.324 e. The number of rotatable bonds is 4. The van der Waals surface area contributed by atoms with Gasteiger partial charge in [0, 0.05) is 24.6 Å². The molecule has 5 rings (SSSR count). The van der Waals surface area contributed by atoms with Gasteiger partial charge in [-0.3, -0.25) is 14.5 Å². The highest BCUT2D eigenvalue weighted by Gasteiger charge is 2.29. The summed E-state index contributed by atoms with van der Waals surface area (Å²) in [5, 5.41) is 3.67. The lowest BCUT2D eigenvalue weighted by Crippen LogP contribution is -2.37. The fourth-order valence-electron chi connectivity index (χ4n) is 4.13. The lowest BCUT2D eigenvalue weighted by atomic mass is 9.97. The minimum absolute atomic E-state index is 0.0179. The second kappa shape index (κ2) is 8.11. The maximum atomic E-state index is 12.9. The molecule has 0 atom stereocenters. The Kier molecular flexibility index (Phi) is 5.15. The number of nitrogens with one attached hydrogen (secondary N) is 1. The van der Waals surface area contributed by atoms with Crippen LogP contribution in [0.5, 0.6) is 0 Å². The molecule has 2 aliphatic heterocycles. The molecule has 7 nitrogen and oxygen atoms in total. The summed E-state index contributed by atoms with van der Waals surface area (Å²) >= 11 is 1.75. The van der Waals surface area contributed by atoms with Gasteiger partial charge in [-0.1, -0.05) is 24.3 Å². The van der Waals surface area contributed by atoms with E-state index in [2.05, 4.69) is 11.4 Å². The van der Waals surface area contributed by atoms with Gasteiger partial charge >= 0.3 is 6.03 Å². The molecule has 0 unspecified atom stereocenters. The summed E-state index contributed by atoms with van der Waals surface area (Å²) < 4.78 is 1.21. The molecule has 3 heterocycles. The number of imide groups is 1. The molecule has 1 aromatic heterocycles. The van der Waals surface area contributed by atoms with Gasteiger partial charge in [0.05, 0.1) is 28.3 Å². The Morgan fingerprint density at radius 3 is 2.48 bits per heavy atom. The predicted molar refractivity (Wildman–Crippen MR) is 118 cm³/mol. The van der Waals surface area contributed by atoms with Crippen LogP contribution in [-0.4, -0.2) is 52.3 Å². The summed E-state index contributed by atoms with van der Waals surface area (Å²) in [7, 11) is 0. The van der Waals surface area contributed by atoms with Gasteiger partial charge in [0.25, 0.3) is 5.91 Å². The standard InChI is InChI=1S/C23H22N4O3S/c28-20-13-24-23(30)27(20)14-15-5-7-17(8-6-15)22(29)26-11-9-16(10-12-26)21-25-18-3-1-2-4-19(18)31-21/h1-8,16H,9-14H2,(H,24,30). The summed E-state index contributed by atoms with van der Waals surface area (Å²) in [6, 6.07) is 15.0. The fourth-order valence-corrected chi connectivity index (χ4v) is 5.26. The van der Waals surface area contributed by atoms with E-state index < -0.39 is 0 Å². The molecule has 0 saturated carbocycles. The van der Waals surface area contributed by atoms with Gasteiger partial charge in [-0.05, 0) is 42.7 Å². The van der Waals surface area contributed by atoms with E-state index in [1.807, 2.05) is 23.1 Å². The highest BCUT2D eigenvalue weighted by molar-refractivity contribution is 7.18. The number of likely N-dealkylation sites (tertiary alicyclic amines) is 1. The Hall–Kier alpha value is -3.26.